The van der Waals surface area contributed by atoms with E-state index < -0.39 is 0 Å². The van der Waals surface area contributed by atoms with Crippen LogP contribution in [0.25, 0.3) is 0 Å². The molecule has 2 N–H and O–H groups in total. The lowest BCUT2D eigenvalue weighted by atomic mass is 9.84. The molecule has 0 aliphatic carbocycles. The largest absolute Gasteiger partial charge is 0.376 e. The minimum absolute atomic E-state index is 0.131. The molecule has 2 unspecified atom stereocenters. The second-order valence-corrected chi connectivity index (χ2v) is 5.91. The quantitative estimate of drug-likeness (QED) is 0.738. The number of hydrogen-bond acceptors (Lipinski definition) is 2. The Hall–Kier alpha value is -0.0800. The van der Waals surface area contributed by atoms with Crippen LogP contribution in [-0.4, -0.2) is 18.8 Å². The second kappa shape index (κ2) is 6.49. The van der Waals surface area contributed by atoms with E-state index in [0.29, 0.717) is 5.92 Å². The summed E-state index contributed by atoms with van der Waals surface area (Å²) in [5, 5.41) is 0. The Kier molecular flexibility index (Phi) is 6.46. The van der Waals surface area contributed by atoms with Crippen molar-refractivity contribution in [1.82, 2.24) is 0 Å². The number of hydrogen-bond donors (Lipinski definition) is 1. The maximum Gasteiger partial charge on any atom is 0.0773 e. The molecular weight excluding hydrogens is 186 g/mol. The summed E-state index contributed by atoms with van der Waals surface area (Å²) in [6.45, 7) is 14.0. The van der Waals surface area contributed by atoms with Crippen molar-refractivity contribution >= 4 is 0 Å². The lowest BCUT2D eigenvalue weighted by Crippen LogP contribution is -2.45. The first-order chi connectivity index (χ1) is 6.79. The first-order valence-corrected chi connectivity index (χ1v) is 6.16. The first-order valence-electron chi connectivity index (χ1n) is 6.16. The van der Waals surface area contributed by atoms with Gasteiger partial charge in [-0.25, -0.2) is 0 Å². The van der Waals surface area contributed by atoms with Crippen LogP contribution in [0.1, 0.15) is 54.4 Å². The molecule has 0 saturated heterocycles. The highest BCUT2D eigenvalue weighted by Crippen LogP contribution is 2.25. The van der Waals surface area contributed by atoms with Gasteiger partial charge in [0.05, 0.1) is 6.10 Å². The van der Waals surface area contributed by atoms with E-state index in [4.69, 9.17) is 10.5 Å². The lowest BCUT2D eigenvalue weighted by Gasteiger charge is -2.35. The van der Waals surface area contributed by atoms with Gasteiger partial charge in [-0.1, -0.05) is 41.5 Å². The van der Waals surface area contributed by atoms with Crippen molar-refractivity contribution < 1.29 is 4.74 Å². The summed E-state index contributed by atoms with van der Waals surface area (Å²) in [4.78, 5) is 0. The van der Waals surface area contributed by atoms with Gasteiger partial charge in [0, 0.05) is 12.6 Å². The zero-order valence-electron chi connectivity index (χ0n) is 11.3. The molecule has 0 aliphatic rings. The van der Waals surface area contributed by atoms with Gasteiger partial charge in [0.25, 0.3) is 0 Å². The predicted octanol–water partition coefficient (Wildman–Crippen LogP) is 3.20. The third kappa shape index (κ3) is 6.16. The van der Waals surface area contributed by atoms with Gasteiger partial charge < -0.3 is 10.5 Å². The van der Waals surface area contributed by atoms with Crippen molar-refractivity contribution in [2.45, 2.75) is 66.5 Å². The van der Waals surface area contributed by atoms with E-state index in [2.05, 4.69) is 41.5 Å². The molecule has 0 aromatic heterocycles. The fraction of sp³-hybridized carbons (Fsp3) is 1.00. The van der Waals surface area contributed by atoms with E-state index in [9.17, 15) is 0 Å². The fourth-order valence-electron chi connectivity index (χ4n) is 1.66. The maximum atomic E-state index is 6.10. The number of nitrogens with two attached hydrogens (primary N) is 1. The zero-order valence-corrected chi connectivity index (χ0v) is 11.3. The second-order valence-electron chi connectivity index (χ2n) is 5.91. The van der Waals surface area contributed by atoms with Gasteiger partial charge in [-0.15, -0.1) is 0 Å². The number of rotatable bonds is 6. The molecule has 0 bridgehead atoms. The predicted molar refractivity (Wildman–Crippen MR) is 66.9 cm³/mol. The van der Waals surface area contributed by atoms with Crippen LogP contribution in [0.4, 0.5) is 0 Å². The average molecular weight is 215 g/mol. The Balaban J connectivity index is 4.15. The average Bonchev–Trinajstić information content (AvgIpc) is 2.09. The molecule has 0 spiro atoms. The lowest BCUT2D eigenvalue weighted by molar-refractivity contribution is -0.0377. The Bertz CT molecular complexity index is 160. The third-order valence-corrected chi connectivity index (χ3v) is 2.71. The molecule has 0 aromatic rings. The van der Waals surface area contributed by atoms with Crippen LogP contribution >= 0.6 is 0 Å². The summed E-state index contributed by atoms with van der Waals surface area (Å²) in [5.74, 6) is 0.698. The van der Waals surface area contributed by atoms with Gasteiger partial charge in [-0.3, -0.25) is 0 Å². The van der Waals surface area contributed by atoms with Crippen LogP contribution in [-0.2, 0) is 4.74 Å². The highest BCUT2D eigenvalue weighted by Gasteiger charge is 2.29. The Morgan fingerprint density at radius 2 is 1.73 bits per heavy atom. The highest BCUT2D eigenvalue weighted by molar-refractivity contribution is 4.83. The molecule has 0 saturated carbocycles. The van der Waals surface area contributed by atoms with E-state index in [-0.39, 0.29) is 17.6 Å². The molecular formula is C13H29NO. The Morgan fingerprint density at radius 3 is 2.07 bits per heavy atom. The van der Waals surface area contributed by atoms with Crippen LogP contribution in [0.5, 0.6) is 0 Å². The van der Waals surface area contributed by atoms with Crippen LogP contribution < -0.4 is 5.73 Å². The summed E-state index contributed by atoms with van der Waals surface area (Å²) >= 11 is 0. The minimum Gasteiger partial charge on any atom is -0.376 e. The summed E-state index contributed by atoms with van der Waals surface area (Å²) in [7, 11) is 0. The smallest absolute Gasteiger partial charge is 0.0773 e. The van der Waals surface area contributed by atoms with E-state index in [1.807, 2.05) is 0 Å². The maximum absolute atomic E-state index is 6.10. The minimum atomic E-state index is 0.131. The number of ether oxygens (including phenoxy) is 1. The van der Waals surface area contributed by atoms with Crippen molar-refractivity contribution in [1.29, 1.82) is 0 Å². The Morgan fingerprint density at radius 1 is 1.20 bits per heavy atom. The van der Waals surface area contributed by atoms with Gasteiger partial charge in [-0.2, -0.15) is 0 Å². The molecule has 0 heterocycles. The van der Waals surface area contributed by atoms with E-state index in [1.165, 1.54) is 0 Å². The monoisotopic (exact) mass is 215 g/mol. The van der Waals surface area contributed by atoms with Gasteiger partial charge in [0.1, 0.15) is 0 Å². The summed E-state index contributed by atoms with van der Waals surface area (Å²) in [5.41, 5.74) is 6.23. The summed E-state index contributed by atoms with van der Waals surface area (Å²) in [6.07, 6.45) is 2.26. The molecule has 0 radical (unpaired) electrons. The molecule has 2 atom stereocenters. The van der Waals surface area contributed by atoms with Gasteiger partial charge in [0.15, 0.2) is 0 Å². The fourth-order valence-corrected chi connectivity index (χ4v) is 1.66. The SMILES string of the molecule is CCC(N)C(OCCC(C)C)C(C)(C)C. The van der Waals surface area contributed by atoms with Crippen molar-refractivity contribution in [3.8, 4) is 0 Å². The van der Waals surface area contributed by atoms with E-state index >= 15 is 0 Å². The summed E-state index contributed by atoms with van der Waals surface area (Å²) in [6, 6.07) is 0.150. The summed E-state index contributed by atoms with van der Waals surface area (Å²) < 4.78 is 5.95. The van der Waals surface area contributed by atoms with Crippen molar-refractivity contribution in [2.24, 2.45) is 17.1 Å². The van der Waals surface area contributed by atoms with Crippen molar-refractivity contribution in [3.05, 3.63) is 0 Å². The molecule has 2 heteroatoms. The first kappa shape index (κ1) is 14.9. The molecule has 2 nitrogen and oxygen atoms in total. The van der Waals surface area contributed by atoms with Crippen molar-refractivity contribution in [2.75, 3.05) is 6.61 Å². The normalized spacial score (nSPS) is 16.8. The molecule has 0 amide bonds. The highest BCUT2D eigenvalue weighted by atomic mass is 16.5. The van der Waals surface area contributed by atoms with Gasteiger partial charge in [-0.05, 0) is 24.2 Å². The van der Waals surface area contributed by atoms with E-state index in [0.717, 1.165) is 19.4 Å². The molecule has 0 aliphatic heterocycles. The third-order valence-electron chi connectivity index (χ3n) is 2.71. The van der Waals surface area contributed by atoms with Crippen molar-refractivity contribution in [3.63, 3.8) is 0 Å². The van der Waals surface area contributed by atoms with Crippen LogP contribution in [0.3, 0.4) is 0 Å². The molecule has 0 fully saturated rings. The molecule has 15 heavy (non-hydrogen) atoms. The molecule has 92 valence electrons. The van der Waals surface area contributed by atoms with Crippen LogP contribution in [0.15, 0.2) is 0 Å². The Labute approximate surface area is 95.6 Å². The van der Waals surface area contributed by atoms with E-state index in [1.54, 1.807) is 0 Å². The van der Waals surface area contributed by atoms with Gasteiger partial charge >= 0.3 is 0 Å². The van der Waals surface area contributed by atoms with Crippen LogP contribution in [0.2, 0.25) is 0 Å². The topological polar surface area (TPSA) is 35.2 Å². The molecule has 0 rings (SSSR count). The van der Waals surface area contributed by atoms with Crippen LogP contribution in [0, 0.1) is 11.3 Å². The standard InChI is InChI=1S/C13H29NO/c1-7-11(14)12(13(4,5)6)15-9-8-10(2)3/h10-12H,7-9,14H2,1-6H3. The van der Waals surface area contributed by atoms with Gasteiger partial charge in [0.2, 0.25) is 0 Å². The molecule has 0 aromatic carbocycles. The zero-order chi connectivity index (χ0) is 12.1.